The van der Waals surface area contributed by atoms with E-state index in [1.807, 2.05) is 0 Å². The molecule has 0 aromatic heterocycles. The van der Waals surface area contributed by atoms with Gasteiger partial charge in [-0.1, -0.05) is 0 Å². The fourth-order valence-electron chi connectivity index (χ4n) is 0. The van der Waals surface area contributed by atoms with E-state index < -0.39 is 0 Å². The molecule has 0 aliphatic carbocycles. The minimum atomic E-state index is 0. The summed E-state index contributed by atoms with van der Waals surface area (Å²) in [5.74, 6) is 0. The van der Waals surface area contributed by atoms with E-state index in [1.165, 1.54) is 0 Å². The molecule has 0 N–H and O–H groups in total. The Morgan fingerprint density at radius 3 is 0.333 bits per heavy atom. The van der Waals surface area contributed by atoms with Crippen LogP contribution in [-0.2, 0) is 0 Å². The first-order valence-corrected chi connectivity index (χ1v) is 0. The molecule has 0 aromatic rings. The molecule has 0 aliphatic rings. The molecule has 0 rings (SSSR count). The minimum Gasteiger partial charge on any atom is -0.197 e. The van der Waals surface area contributed by atoms with Crippen molar-refractivity contribution in [2.75, 3.05) is 0 Å². The molecule has 6 heteroatoms. The van der Waals surface area contributed by atoms with Crippen LogP contribution in [0.4, 0.5) is 0 Å². The zero-order valence-electron chi connectivity index (χ0n) is 1.00. The molecule has 0 bridgehead atoms. The van der Waals surface area contributed by atoms with Crippen LogP contribution in [0.2, 0.25) is 0 Å². The Bertz CT molecular complexity index is 5.51. The van der Waals surface area contributed by atoms with Gasteiger partial charge in [-0.15, -0.1) is 0 Å². The Morgan fingerprint density at radius 2 is 0.333 bits per heavy atom. The Balaban J connectivity index is 0. The van der Waals surface area contributed by atoms with Crippen molar-refractivity contribution in [3.8, 4) is 0 Å². The highest BCUT2D eigenvalue weighted by Crippen LogP contribution is 0.649. The second-order valence-electron chi connectivity index (χ2n) is 0. The largest absolute Gasteiger partial charge is 0.197 e. The maximum Gasteiger partial charge on any atom is -0.0149 e. The molecule has 0 radical (unpaired) electrons. The van der Waals surface area contributed by atoms with Gasteiger partial charge in [0.1, 0.15) is 0 Å². The second kappa shape index (κ2) is 82.9. The van der Waals surface area contributed by atoms with Crippen LogP contribution < -0.4 is 0 Å². The lowest BCUT2D eigenvalue weighted by Gasteiger charge is -0.198. The molecule has 0 aliphatic heterocycles. The van der Waals surface area contributed by atoms with Crippen LogP contribution >= 0.6 is 27.0 Å². The molecule has 6 heavy (non-hydrogen) atoms. The molecular formula is H20S2Si4. The first-order valence-electron chi connectivity index (χ1n) is 0. The standard InChI is InChI=1S/2H2S.4H4Si/h2*1H2;4*1H4. The minimum absolute atomic E-state index is 0. The molecule has 0 fully saturated rings. The zero-order valence-corrected chi connectivity index (χ0v) is 3.00. The maximum absolute atomic E-state index is 0. The summed E-state index contributed by atoms with van der Waals surface area (Å²) < 4.78 is 0. The molecule has 0 atom stereocenters. The summed E-state index contributed by atoms with van der Waals surface area (Å²) in [6, 6.07) is 0. The summed E-state index contributed by atoms with van der Waals surface area (Å²) in [7, 11) is 0. The van der Waals surface area contributed by atoms with Crippen molar-refractivity contribution >= 4 is 70.9 Å². The van der Waals surface area contributed by atoms with Gasteiger partial charge in [0.2, 0.25) is 0 Å². The van der Waals surface area contributed by atoms with Gasteiger partial charge in [-0.2, -0.15) is 27.0 Å². The van der Waals surface area contributed by atoms with Crippen molar-refractivity contribution in [2.24, 2.45) is 0 Å². The van der Waals surface area contributed by atoms with Crippen molar-refractivity contribution in [2.45, 2.75) is 0 Å². The molecule has 0 nitrogen and oxygen atoms in total. The summed E-state index contributed by atoms with van der Waals surface area (Å²) in [6.07, 6.45) is 0. The normalized spacial score (nSPS) is 0. The average molecular weight is 197 g/mol. The number of hydrogen-bond donors (Lipinski definition) is 0. The molecule has 0 spiro atoms. The van der Waals surface area contributed by atoms with E-state index in [-0.39, 0.29) is 70.9 Å². The van der Waals surface area contributed by atoms with E-state index in [0.717, 1.165) is 0 Å². The van der Waals surface area contributed by atoms with Gasteiger partial charge in [0.05, 0.1) is 0 Å². The van der Waals surface area contributed by atoms with Gasteiger partial charge < -0.3 is 0 Å². The number of rotatable bonds is 0. The SMILES string of the molecule is S.S.[SiH4].[SiH4].[SiH4].[SiH4]. The molecule has 0 aromatic carbocycles. The monoisotopic (exact) mass is 196 g/mol. The third-order valence-corrected chi connectivity index (χ3v) is 0. The van der Waals surface area contributed by atoms with Crippen LogP contribution in [0, 0.1) is 0 Å². The Labute approximate surface area is 70.8 Å². The van der Waals surface area contributed by atoms with E-state index in [4.69, 9.17) is 0 Å². The molecule has 0 unspecified atom stereocenters. The van der Waals surface area contributed by atoms with Crippen LogP contribution in [0.3, 0.4) is 0 Å². The third kappa shape index (κ3) is 47.3. The summed E-state index contributed by atoms with van der Waals surface area (Å²) in [6.45, 7) is 0. The lowest BCUT2D eigenvalue weighted by atomic mass is 28.1. The first-order chi connectivity index (χ1) is 0. The van der Waals surface area contributed by atoms with Gasteiger partial charge in [0.15, 0.2) is 0 Å². The van der Waals surface area contributed by atoms with Crippen molar-refractivity contribution in [1.82, 2.24) is 0 Å². The first kappa shape index (κ1) is 133. The van der Waals surface area contributed by atoms with Crippen molar-refractivity contribution in [3.05, 3.63) is 0 Å². The van der Waals surface area contributed by atoms with Crippen LogP contribution in [-0.4, -0.2) is 43.9 Å². The topological polar surface area (TPSA) is 0 Å². The molecule has 48 valence electrons. The van der Waals surface area contributed by atoms with E-state index in [0.29, 0.717) is 0 Å². The second-order valence-corrected chi connectivity index (χ2v) is 0. The Hall–Kier alpha value is 1.57. The van der Waals surface area contributed by atoms with Gasteiger partial charge in [-0.3, -0.25) is 0 Å². The average Bonchev–Trinajstić information content (AvgIpc) is 0. The summed E-state index contributed by atoms with van der Waals surface area (Å²) >= 11 is 0. The van der Waals surface area contributed by atoms with Crippen LogP contribution in [0.15, 0.2) is 0 Å². The van der Waals surface area contributed by atoms with Crippen molar-refractivity contribution in [1.29, 1.82) is 0 Å². The van der Waals surface area contributed by atoms with Gasteiger partial charge >= 0.3 is 0 Å². The summed E-state index contributed by atoms with van der Waals surface area (Å²) in [5.41, 5.74) is 0. The molecule has 0 saturated heterocycles. The van der Waals surface area contributed by atoms with Gasteiger partial charge in [-0.05, 0) is 43.9 Å². The quantitative estimate of drug-likeness (QED) is 0.339. The van der Waals surface area contributed by atoms with Crippen molar-refractivity contribution < 1.29 is 0 Å². The predicted octanol–water partition coefficient (Wildman–Crippen LogP) is -5.58. The van der Waals surface area contributed by atoms with Crippen LogP contribution in [0.5, 0.6) is 0 Å². The molecule has 0 saturated carbocycles. The van der Waals surface area contributed by atoms with Gasteiger partial charge in [0.25, 0.3) is 0 Å². The predicted molar refractivity (Wildman–Crippen MR) is 66.1 cm³/mol. The molecule has 0 amide bonds. The summed E-state index contributed by atoms with van der Waals surface area (Å²) in [4.78, 5) is 0. The highest BCUT2D eigenvalue weighted by atomic mass is 32.1. The van der Waals surface area contributed by atoms with Gasteiger partial charge in [-0.25, -0.2) is 0 Å². The van der Waals surface area contributed by atoms with Crippen LogP contribution in [0.25, 0.3) is 0 Å². The fourth-order valence-corrected chi connectivity index (χ4v) is 0. The van der Waals surface area contributed by atoms with E-state index >= 15 is 0 Å². The zero-order chi connectivity index (χ0) is 0. The highest BCUT2D eigenvalue weighted by molar-refractivity contribution is 7.59. The van der Waals surface area contributed by atoms with Crippen molar-refractivity contribution in [3.63, 3.8) is 0 Å². The number of hydrogen-bond acceptors (Lipinski definition) is 0. The smallest absolute Gasteiger partial charge is 0.0149 e. The lowest BCUT2D eigenvalue weighted by molar-refractivity contribution is 5.75. The van der Waals surface area contributed by atoms with E-state index in [1.54, 1.807) is 0 Å². The lowest BCUT2D eigenvalue weighted by Crippen LogP contribution is -0.382. The third-order valence-electron chi connectivity index (χ3n) is 0. The molecular weight excluding hydrogens is 176 g/mol. The fraction of sp³-hybridized carbons (Fsp3) is 0. The maximum atomic E-state index is 0. The summed E-state index contributed by atoms with van der Waals surface area (Å²) in [5, 5.41) is 0. The van der Waals surface area contributed by atoms with E-state index in [2.05, 4.69) is 0 Å². The molecule has 0 heterocycles. The highest BCUT2D eigenvalue weighted by Gasteiger charge is -0.0118. The Kier molecular flexibility index (Phi) is 1830. The Morgan fingerprint density at radius 1 is 0.333 bits per heavy atom. The van der Waals surface area contributed by atoms with Gasteiger partial charge in [0, 0.05) is 0 Å². The van der Waals surface area contributed by atoms with Crippen LogP contribution in [0.1, 0.15) is 0 Å². The van der Waals surface area contributed by atoms with E-state index in [9.17, 15) is 0 Å².